The Bertz CT molecular complexity index is 677. The maximum Gasteiger partial charge on any atom is 0.241 e. The van der Waals surface area contributed by atoms with Crippen LogP contribution in [0.25, 0.3) is 0 Å². The first-order valence-electron chi connectivity index (χ1n) is 6.18. The van der Waals surface area contributed by atoms with Gasteiger partial charge in [0.2, 0.25) is 10.0 Å². The number of nitrogens with one attached hydrogen (secondary N) is 1. The molecule has 0 radical (unpaired) electrons. The molecule has 1 aromatic heterocycles. The Morgan fingerprint density at radius 1 is 1.30 bits per heavy atom. The molecule has 0 aliphatic rings. The summed E-state index contributed by atoms with van der Waals surface area (Å²) in [4.78, 5) is 0.202. The van der Waals surface area contributed by atoms with Crippen molar-refractivity contribution in [2.75, 3.05) is 6.61 Å². The molecule has 1 heterocycles. The smallest absolute Gasteiger partial charge is 0.241 e. The Hall–Kier alpha value is -1.63. The van der Waals surface area contributed by atoms with E-state index in [9.17, 15) is 13.5 Å². The number of aryl methyl sites for hydroxylation is 2. The summed E-state index contributed by atoms with van der Waals surface area (Å²) in [6.07, 6.45) is 1.43. The van der Waals surface area contributed by atoms with Gasteiger partial charge in [-0.25, -0.2) is 8.42 Å². The summed E-state index contributed by atoms with van der Waals surface area (Å²) in [7, 11) is -3.72. The molecule has 0 saturated heterocycles. The summed E-state index contributed by atoms with van der Waals surface area (Å²) in [6.45, 7) is 3.26. The van der Waals surface area contributed by atoms with Gasteiger partial charge >= 0.3 is 0 Å². The topological polar surface area (TPSA) is 79.5 Å². The van der Waals surface area contributed by atoms with E-state index in [1.807, 2.05) is 6.92 Å². The van der Waals surface area contributed by atoms with E-state index in [1.165, 1.54) is 6.26 Å². The van der Waals surface area contributed by atoms with Crippen molar-refractivity contribution < 1.29 is 17.9 Å². The van der Waals surface area contributed by atoms with Crippen LogP contribution < -0.4 is 4.72 Å². The molecule has 2 rings (SSSR count). The average molecular weight is 295 g/mol. The van der Waals surface area contributed by atoms with Crippen LogP contribution in [-0.4, -0.2) is 20.1 Å². The third-order valence-electron chi connectivity index (χ3n) is 2.99. The number of aliphatic hydroxyl groups is 1. The maximum absolute atomic E-state index is 12.4. The van der Waals surface area contributed by atoms with Gasteiger partial charge in [-0.2, -0.15) is 4.72 Å². The van der Waals surface area contributed by atoms with Crippen LogP contribution in [0.1, 0.15) is 22.9 Å². The van der Waals surface area contributed by atoms with Crippen LogP contribution in [0, 0.1) is 13.8 Å². The molecule has 2 aromatic rings. The minimum atomic E-state index is -3.72. The Morgan fingerprint density at radius 2 is 2.05 bits per heavy atom. The molecule has 0 saturated carbocycles. The number of benzene rings is 1. The molecule has 0 bridgehead atoms. The standard InChI is InChI=1S/C14H17NO4S/c1-10-5-6-14(11(2)8-10)20(17,18)15-12(9-16)13-4-3-7-19-13/h3-8,12,15-16H,9H2,1-2H3. The van der Waals surface area contributed by atoms with Gasteiger partial charge < -0.3 is 9.52 Å². The Morgan fingerprint density at radius 3 is 2.60 bits per heavy atom. The van der Waals surface area contributed by atoms with Crippen LogP contribution in [0.15, 0.2) is 45.9 Å². The molecule has 0 amide bonds. The van der Waals surface area contributed by atoms with Crippen molar-refractivity contribution in [2.24, 2.45) is 0 Å². The van der Waals surface area contributed by atoms with Gasteiger partial charge in [-0.15, -0.1) is 0 Å². The van der Waals surface area contributed by atoms with Crippen LogP contribution in [0.5, 0.6) is 0 Å². The summed E-state index contributed by atoms with van der Waals surface area (Å²) >= 11 is 0. The second kappa shape index (κ2) is 5.78. The molecule has 0 aliphatic heterocycles. The quantitative estimate of drug-likeness (QED) is 0.883. The number of aliphatic hydroxyl groups excluding tert-OH is 1. The van der Waals surface area contributed by atoms with Crippen molar-refractivity contribution in [2.45, 2.75) is 24.8 Å². The number of hydrogen-bond acceptors (Lipinski definition) is 4. The normalized spacial score (nSPS) is 13.3. The fraction of sp³-hybridized carbons (Fsp3) is 0.286. The van der Waals surface area contributed by atoms with Gasteiger partial charge in [-0.3, -0.25) is 0 Å². The molecule has 1 atom stereocenters. The molecule has 6 heteroatoms. The lowest BCUT2D eigenvalue weighted by atomic mass is 10.2. The molecular formula is C14H17NO4S. The lowest BCUT2D eigenvalue weighted by Gasteiger charge is -2.15. The fourth-order valence-corrected chi connectivity index (χ4v) is 3.45. The number of hydrogen-bond donors (Lipinski definition) is 2. The highest BCUT2D eigenvalue weighted by Crippen LogP contribution is 2.20. The van der Waals surface area contributed by atoms with Crippen molar-refractivity contribution in [1.82, 2.24) is 4.72 Å². The number of furan rings is 1. The minimum Gasteiger partial charge on any atom is -0.468 e. The third-order valence-corrected chi connectivity index (χ3v) is 4.62. The van der Waals surface area contributed by atoms with E-state index in [0.717, 1.165) is 5.56 Å². The van der Waals surface area contributed by atoms with Gasteiger partial charge in [-0.1, -0.05) is 17.7 Å². The number of sulfonamides is 1. The first-order chi connectivity index (χ1) is 9.44. The fourth-order valence-electron chi connectivity index (χ4n) is 2.03. The summed E-state index contributed by atoms with van der Waals surface area (Å²) in [5.74, 6) is 0.376. The summed E-state index contributed by atoms with van der Waals surface area (Å²) in [6, 6.07) is 7.56. The molecule has 1 aromatic carbocycles. The van der Waals surface area contributed by atoms with Gasteiger partial charge in [0, 0.05) is 0 Å². The Kier molecular flexibility index (Phi) is 4.27. The van der Waals surface area contributed by atoms with Gasteiger partial charge in [0.25, 0.3) is 0 Å². The first kappa shape index (κ1) is 14.8. The van der Waals surface area contributed by atoms with E-state index in [1.54, 1.807) is 37.3 Å². The van der Waals surface area contributed by atoms with E-state index in [4.69, 9.17) is 4.42 Å². The highest BCUT2D eigenvalue weighted by atomic mass is 32.2. The van der Waals surface area contributed by atoms with Crippen LogP contribution >= 0.6 is 0 Å². The summed E-state index contributed by atoms with van der Waals surface area (Å²) in [5, 5.41) is 9.33. The predicted octanol–water partition coefficient (Wildman–Crippen LogP) is 1.91. The second-order valence-electron chi connectivity index (χ2n) is 4.64. The lowest BCUT2D eigenvalue weighted by molar-refractivity contribution is 0.242. The van der Waals surface area contributed by atoms with Crippen LogP contribution in [0.3, 0.4) is 0 Å². The van der Waals surface area contributed by atoms with E-state index in [-0.39, 0.29) is 11.5 Å². The highest BCUT2D eigenvalue weighted by Gasteiger charge is 2.23. The SMILES string of the molecule is Cc1ccc(S(=O)(=O)NC(CO)c2ccco2)c(C)c1. The molecule has 20 heavy (non-hydrogen) atoms. The van der Waals surface area contributed by atoms with E-state index in [2.05, 4.69) is 4.72 Å². The second-order valence-corrected chi connectivity index (χ2v) is 6.32. The van der Waals surface area contributed by atoms with Gasteiger partial charge in [0.05, 0.1) is 17.8 Å². The highest BCUT2D eigenvalue weighted by molar-refractivity contribution is 7.89. The van der Waals surface area contributed by atoms with Gasteiger partial charge in [0.1, 0.15) is 11.8 Å². The Balaban J connectivity index is 2.31. The zero-order chi connectivity index (χ0) is 14.8. The van der Waals surface area contributed by atoms with Gasteiger partial charge in [0.15, 0.2) is 0 Å². The molecule has 0 spiro atoms. The monoisotopic (exact) mass is 295 g/mol. The summed E-state index contributed by atoms with van der Waals surface area (Å²) < 4.78 is 32.3. The van der Waals surface area contributed by atoms with Crippen molar-refractivity contribution in [3.8, 4) is 0 Å². The van der Waals surface area contributed by atoms with Crippen LogP contribution in [0.4, 0.5) is 0 Å². The molecule has 1 unspecified atom stereocenters. The van der Waals surface area contributed by atoms with Crippen LogP contribution in [0.2, 0.25) is 0 Å². The maximum atomic E-state index is 12.4. The zero-order valence-corrected chi connectivity index (χ0v) is 12.1. The van der Waals surface area contributed by atoms with Crippen molar-refractivity contribution >= 4 is 10.0 Å². The largest absolute Gasteiger partial charge is 0.468 e. The molecule has 0 aliphatic carbocycles. The van der Waals surface area contributed by atoms with E-state index >= 15 is 0 Å². The summed E-state index contributed by atoms with van der Waals surface area (Å²) in [5.41, 5.74) is 1.65. The van der Waals surface area contributed by atoms with Crippen molar-refractivity contribution in [3.63, 3.8) is 0 Å². The van der Waals surface area contributed by atoms with E-state index in [0.29, 0.717) is 11.3 Å². The van der Waals surface area contributed by atoms with Gasteiger partial charge in [-0.05, 0) is 37.6 Å². The van der Waals surface area contributed by atoms with Crippen molar-refractivity contribution in [1.29, 1.82) is 0 Å². The number of rotatable bonds is 5. The lowest BCUT2D eigenvalue weighted by Crippen LogP contribution is -2.31. The van der Waals surface area contributed by atoms with E-state index < -0.39 is 16.1 Å². The first-order valence-corrected chi connectivity index (χ1v) is 7.66. The molecule has 0 fully saturated rings. The van der Waals surface area contributed by atoms with Crippen LogP contribution in [-0.2, 0) is 10.0 Å². The molecule has 2 N–H and O–H groups in total. The third kappa shape index (κ3) is 3.09. The molecule has 108 valence electrons. The molecular weight excluding hydrogens is 278 g/mol. The minimum absolute atomic E-state index is 0.202. The Labute approximate surface area is 118 Å². The average Bonchev–Trinajstić information content (AvgIpc) is 2.89. The van der Waals surface area contributed by atoms with Crippen molar-refractivity contribution in [3.05, 3.63) is 53.5 Å². The predicted molar refractivity (Wildman–Crippen MR) is 74.8 cm³/mol. The zero-order valence-electron chi connectivity index (χ0n) is 11.3. The molecule has 5 nitrogen and oxygen atoms in total.